The predicted octanol–water partition coefficient (Wildman–Crippen LogP) is 2.59. The third-order valence-electron chi connectivity index (χ3n) is 2.98. The summed E-state index contributed by atoms with van der Waals surface area (Å²) in [5.74, 6) is 0. The van der Waals surface area contributed by atoms with Crippen LogP contribution in [0.25, 0.3) is 0 Å². The quantitative estimate of drug-likeness (QED) is 0.907. The molecule has 2 unspecified atom stereocenters. The second kappa shape index (κ2) is 6.93. The van der Waals surface area contributed by atoms with E-state index in [9.17, 15) is 4.79 Å². The number of ether oxygens (including phenoxy) is 1. The minimum absolute atomic E-state index is 0.160. The minimum atomic E-state index is -0.498. The zero-order valence-electron chi connectivity index (χ0n) is 14.2. The van der Waals surface area contributed by atoms with Gasteiger partial charge in [-0.1, -0.05) is 0 Å². The molecule has 2 atom stereocenters. The molecule has 0 aliphatic heterocycles. The molecule has 6 heteroatoms. The zero-order valence-corrected chi connectivity index (χ0v) is 14.2. The van der Waals surface area contributed by atoms with Gasteiger partial charge in [0.2, 0.25) is 0 Å². The first-order valence-electron chi connectivity index (χ1n) is 7.26. The van der Waals surface area contributed by atoms with Crippen molar-refractivity contribution in [3.63, 3.8) is 0 Å². The lowest BCUT2D eigenvalue weighted by Crippen LogP contribution is -2.35. The van der Waals surface area contributed by atoms with Crippen molar-refractivity contribution in [2.45, 2.75) is 52.3 Å². The van der Waals surface area contributed by atoms with Crippen LogP contribution in [0, 0.1) is 0 Å². The summed E-state index contributed by atoms with van der Waals surface area (Å²) in [7, 11) is 4.07. The summed E-state index contributed by atoms with van der Waals surface area (Å²) in [6, 6.07) is 0.118. The Bertz CT molecular complexity index is 462. The van der Waals surface area contributed by atoms with Crippen LogP contribution in [-0.2, 0) is 4.74 Å². The minimum Gasteiger partial charge on any atom is -0.444 e. The Morgan fingerprint density at radius 3 is 2.57 bits per heavy atom. The normalized spacial score (nSPS) is 14.9. The van der Waals surface area contributed by atoms with Crippen LogP contribution in [0.4, 0.5) is 4.79 Å². The first-order valence-corrected chi connectivity index (χ1v) is 7.26. The lowest BCUT2D eigenvalue weighted by atomic mass is 10.2. The molecule has 1 aromatic rings. The van der Waals surface area contributed by atoms with Crippen molar-refractivity contribution in [1.82, 2.24) is 19.8 Å². The van der Waals surface area contributed by atoms with Gasteiger partial charge in [-0.25, -0.2) is 9.78 Å². The van der Waals surface area contributed by atoms with E-state index in [2.05, 4.69) is 26.7 Å². The highest BCUT2D eigenvalue weighted by Crippen LogP contribution is 2.18. The molecule has 1 aromatic heterocycles. The summed E-state index contributed by atoms with van der Waals surface area (Å²) < 4.78 is 7.37. The van der Waals surface area contributed by atoms with E-state index in [0.29, 0.717) is 0 Å². The largest absolute Gasteiger partial charge is 0.444 e. The molecule has 1 rings (SSSR count). The number of hydrogen-bond acceptors (Lipinski definition) is 4. The highest BCUT2D eigenvalue weighted by molar-refractivity contribution is 5.68. The van der Waals surface area contributed by atoms with Crippen molar-refractivity contribution in [3.8, 4) is 0 Å². The third-order valence-corrected chi connectivity index (χ3v) is 2.98. The number of nitrogens with zero attached hydrogens (tertiary/aromatic N) is 3. The van der Waals surface area contributed by atoms with Crippen LogP contribution >= 0.6 is 0 Å². The molecule has 21 heavy (non-hydrogen) atoms. The van der Waals surface area contributed by atoms with Crippen LogP contribution in [0.3, 0.4) is 0 Å². The van der Waals surface area contributed by atoms with Crippen molar-refractivity contribution in [1.29, 1.82) is 0 Å². The number of imidazole rings is 1. The maximum atomic E-state index is 11.9. The van der Waals surface area contributed by atoms with E-state index in [4.69, 9.17) is 4.74 Å². The zero-order chi connectivity index (χ0) is 16.2. The van der Waals surface area contributed by atoms with Crippen molar-refractivity contribution in [2.75, 3.05) is 20.6 Å². The van der Waals surface area contributed by atoms with E-state index in [1.807, 2.05) is 41.8 Å². The number of nitrogens with one attached hydrogen (secondary N) is 1. The van der Waals surface area contributed by atoms with Crippen LogP contribution in [0.15, 0.2) is 12.5 Å². The van der Waals surface area contributed by atoms with E-state index < -0.39 is 11.7 Å². The number of amides is 1. The number of carbonyl (C=O) groups excluding carboxylic acids is 1. The SMILES string of the molecule is CC(NC(=O)OC(C)(C)C)c1cncn1C(C)CN(C)C. The maximum Gasteiger partial charge on any atom is 0.408 e. The molecule has 0 aliphatic rings. The van der Waals surface area contributed by atoms with Gasteiger partial charge in [-0.3, -0.25) is 0 Å². The molecule has 0 saturated carbocycles. The van der Waals surface area contributed by atoms with E-state index in [0.717, 1.165) is 12.2 Å². The number of alkyl carbamates (subject to hydrolysis) is 1. The van der Waals surface area contributed by atoms with Gasteiger partial charge in [-0.05, 0) is 48.7 Å². The smallest absolute Gasteiger partial charge is 0.408 e. The molecule has 1 N–H and O–H groups in total. The van der Waals surface area contributed by atoms with Gasteiger partial charge < -0.3 is 19.5 Å². The van der Waals surface area contributed by atoms with Crippen LogP contribution in [-0.4, -0.2) is 46.8 Å². The first kappa shape index (κ1) is 17.5. The molecule has 0 radical (unpaired) electrons. The molecule has 0 spiro atoms. The summed E-state index contributed by atoms with van der Waals surface area (Å²) in [4.78, 5) is 18.2. The summed E-state index contributed by atoms with van der Waals surface area (Å²) in [6.45, 7) is 10.5. The van der Waals surface area contributed by atoms with E-state index >= 15 is 0 Å². The first-order chi connectivity index (χ1) is 9.60. The average molecular weight is 296 g/mol. The van der Waals surface area contributed by atoms with Crippen LogP contribution in [0.5, 0.6) is 0 Å². The van der Waals surface area contributed by atoms with E-state index in [1.54, 1.807) is 12.5 Å². The Morgan fingerprint density at radius 1 is 1.43 bits per heavy atom. The highest BCUT2D eigenvalue weighted by atomic mass is 16.6. The molecule has 0 saturated heterocycles. The molecule has 1 heterocycles. The standard InChI is InChI=1S/C15H28N4O2/c1-11(9-18(6)7)19-10-16-8-13(19)12(2)17-14(20)21-15(3,4)5/h8,10-12H,9H2,1-7H3,(H,17,20). The fourth-order valence-electron chi connectivity index (χ4n) is 2.19. The van der Waals surface area contributed by atoms with Crippen LogP contribution < -0.4 is 5.32 Å². The van der Waals surface area contributed by atoms with Gasteiger partial charge in [0.05, 0.1) is 24.3 Å². The van der Waals surface area contributed by atoms with Gasteiger partial charge in [0, 0.05) is 12.6 Å². The summed E-state index contributed by atoms with van der Waals surface area (Å²) in [6.07, 6.45) is 3.17. The molecule has 0 bridgehead atoms. The lowest BCUT2D eigenvalue weighted by Gasteiger charge is -2.25. The van der Waals surface area contributed by atoms with Crippen molar-refractivity contribution < 1.29 is 9.53 Å². The maximum absolute atomic E-state index is 11.9. The molecule has 120 valence electrons. The number of carbonyl (C=O) groups is 1. The van der Waals surface area contributed by atoms with Crippen molar-refractivity contribution in [3.05, 3.63) is 18.2 Å². The Balaban J connectivity index is 2.73. The number of likely N-dealkylation sites (N-methyl/N-ethyl adjacent to an activating group) is 1. The molecule has 0 aromatic carbocycles. The third kappa shape index (κ3) is 5.75. The van der Waals surface area contributed by atoms with E-state index in [-0.39, 0.29) is 12.1 Å². The second-order valence-corrected chi connectivity index (χ2v) is 6.70. The summed E-state index contributed by atoms with van der Waals surface area (Å²) in [5.41, 5.74) is 0.470. The molecule has 1 amide bonds. The fourth-order valence-corrected chi connectivity index (χ4v) is 2.19. The molecular weight excluding hydrogens is 268 g/mol. The van der Waals surface area contributed by atoms with Gasteiger partial charge >= 0.3 is 6.09 Å². The number of hydrogen-bond donors (Lipinski definition) is 1. The predicted molar refractivity (Wildman–Crippen MR) is 83.3 cm³/mol. The molecular formula is C15H28N4O2. The Hall–Kier alpha value is -1.56. The highest BCUT2D eigenvalue weighted by Gasteiger charge is 2.21. The van der Waals surface area contributed by atoms with Gasteiger partial charge in [-0.15, -0.1) is 0 Å². The Morgan fingerprint density at radius 2 is 2.05 bits per heavy atom. The molecule has 0 aliphatic carbocycles. The fraction of sp³-hybridized carbons (Fsp3) is 0.733. The van der Waals surface area contributed by atoms with Gasteiger partial charge in [-0.2, -0.15) is 0 Å². The number of aromatic nitrogens is 2. The van der Waals surface area contributed by atoms with Crippen molar-refractivity contribution >= 4 is 6.09 Å². The van der Waals surface area contributed by atoms with E-state index in [1.165, 1.54) is 0 Å². The topological polar surface area (TPSA) is 59.4 Å². The lowest BCUT2D eigenvalue weighted by molar-refractivity contribution is 0.0505. The van der Waals surface area contributed by atoms with Crippen LogP contribution in [0.1, 0.15) is 52.4 Å². The van der Waals surface area contributed by atoms with Gasteiger partial charge in [0.1, 0.15) is 5.60 Å². The Labute approximate surface area is 127 Å². The summed E-state index contributed by atoms with van der Waals surface area (Å²) in [5, 5.41) is 2.85. The van der Waals surface area contributed by atoms with Gasteiger partial charge in [0.15, 0.2) is 0 Å². The molecule has 0 fully saturated rings. The second-order valence-electron chi connectivity index (χ2n) is 6.70. The van der Waals surface area contributed by atoms with Crippen molar-refractivity contribution in [2.24, 2.45) is 0 Å². The Kier molecular flexibility index (Phi) is 5.78. The monoisotopic (exact) mass is 296 g/mol. The molecule has 6 nitrogen and oxygen atoms in total. The summed E-state index contributed by atoms with van der Waals surface area (Å²) >= 11 is 0. The van der Waals surface area contributed by atoms with Gasteiger partial charge in [0.25, 0.3) is 0 Å². The average Bonchev–Trinajstić information content (AvgIpc) is 2.73. The number of rotatable bonds is 5. The van der Waals surface area contributed by atoms with Crippen LogP contribution in [0.2, 0.25) is 0 Å².